The first kappa shape index (κ1) is 16.2. The van der Waals surface area contributed by atoms with Crippen LogP contribution < -0.4 is 5.32 Å². The van der Waals surface area contributed by atoms with Gasteiger partial charge in [0.1, 0.15) is 12.4 Å². The fourth-order valence-corrected chi connectivity index (χ4v) is 2.02. The van der Waals surface area contributed by atoms with Crippen LogP contribution in [-0.4, -0.2) is 23.7 Å². The summed E-state index contributed by atoms with van der Waals surface area (Å²) in [6.45, 7) is 5.75. The SMILES string of the molecule is CC(C)CC(C)NC(=O)c1cc(F)ccc1C#CCO. The number of aliphatic hydroxyl groups is 1. The topological polar surface area (TPSA) is 49.3 Å². The van der Waals surface area contributed by atoms with Crippen LogP contribution >= 0.6 is 0 Å². The Bertz CT molecular complexity index is 529. The van der Waals surface area contributed by atoms with Crippen LogP contribution in [0.15, 0.2) is 18.2 Å². The molecule has 108 valence electrons. The van der Waals surface area contributed by atoms with Crippen LogP contribution in [-0.2, 0) is 0 Å². The summed E-state index contributed by atoms with van der Waals surface area (Å²) in [5, 5.41) is 11.5. The maximum Gasteiger partial charge on any atom is 0.252 e. The molecular formula is C16H20FNO2. The Balaban J connectivity index is 2.93. The third-order valence-corrected chi connectivity index (χ3v) is 2.73. The molecule has 1 aromatic rings. The molecule has 0 saturated heterocycles. The van der Waals surface area contributed by atoms with Crippen molar-refractivity contribution in [3.8, 4) is 11.8 Å². The zero-order valence-electron chi connectivity index (χ0n) is 12.0. The molecule has 1 unspecified atom stereocenters. The standard InChI is InChI=1S/C16H20FNO2/c1-11(2)9-12(3)18-16(20)15-10-14(17)7-6-13(15)5-4-8-19/h6-7,10-12,19H,8-9H2,1-3H3,(H,18,20). The molecule has 0 aliphatic carbocycles. The molecule has 0 bridgehead atoms. The summed E-state index contributed by atoms with van der Waals surface area (Å²) < 4.78 is 13.3. The Morgan fingerprint density at radius 1 is 1.40 bits per heavy atom. The van der Waals surface area contributed by atoms with E-state index in [1.165, 1.54) is 18.2 Å². The maximum atomic E-state index is 13.3. The molecule has 1 atom stereocenters. The van der Waals surface area contributed by atoms with Crippen molar-refractivity contribution in [1.82, 2.24) is 5.32 Å². The summed E-state index contributed by atoms with van der Waals surface area (Å²) in [6.07, 6.45) is 0.846. The largest absolute Gasteiger partial charge is 0.384 e. The third-order valence-electron chi connectivity index (χ3n) is 2.73. The van der Waals surface area contributed by atoms with E-state index in [0.29, 0.717) is 11.5 Å². The lowest BCUT2D eigenvalue weighted by Gasteiger charge is -2.16. The van der Waals surface area contributed by atoms with Crippen molar-refractivity contribution in [2.45, 2.75) is 33.2 Å². The summed E-state index contributed by atoms with van der Waals surface area (Å²) in [5.74, 6) is 4.76. The second-order valence-corrected chi connectivity index (χ2v) is 5.15. The molecule has 1 amide bonds. The van der Waals surface area contributed by atoms with Crippen molar-refractivity contribution in [1.29, 1.82) is 0 Å². The maximum absolute atomic E-state index is 13.3. The molecule has 1 rings (SSSR count). The first-order valence-corrected chi connectivity index (χ1v) is 6.64. The number of hydrogen-bond acceptors (Lipinski definition) is 2. The number of hydrogen-bond donors (Lipinski definition) is 2. The van der Waals surface area contributed by atoms with E-state index >= 15 is 0 Å². The minimum Gasteiger partial charge on any atom is -0.384 e. The number of carbonyl (C=O) groups excluding carboxylic acids is 1. The Labute approximate surface area is 119 Å². The fourth-order valence-electron chi connectivity index (χ4n) is 2.02. The summed E-state index contributed by atoms with van der Waals surface area (Å²) in [6, 6.07) is 3.86. The molecule has 2 N–H and O–H groups in total. The van der Waals surface area contributed by atoms with Crippen molar-refractivity contribution in [2.75, 3.05) is 6.61 Å². The molecular weight excluding hydrogens is 257 g/mol. The highest BCUT2D eigenvalue weighted by molar-refractivity contribution is 5.96. The van der Waals surface area contributed by atoms with Crippen molar-refractivity contribution in [3.63, 3.8) is 0 Å². The lowest BCUT2D eigenvalue weighted by molar-refractivity contribution is 0.0935. The first-order valence-electron chi connectivity index (χ1n) is 6.64. The Morgan fingerprint density at radius 3 is 2.70 bits per heavy atom. The molecule has 1 aromatic carbocycles. The van der Waals surface area contributed by atoms with Gasteiger partial charge in [-0.3, -0.25) is 4.79 Å². The van der Waals surface area contributed by atoms with E-state index in [0.717, 1.165) is 6.42 Å². The lowest BCUT2D eigenvalue weighted by atomic mass is 10.0. The molecule has 0 aliphatic heterocycles. The predicted octanol–water partition coefficient (Wildman–Crippen LogP) is 2.33. The molecule has 0 aromatic heterocycles. The zero-order chi connectivity index (χ0) is 15.1. The van der Waals surface area contributed by atoms with Gasteiger partial charge in [0.15, 0.2) is 0 Å². The van der Waals surface area contributed by atoms with Crippen LogP contribution in [0.2, 0.25) is 0 Å². The lowest BCUT2D eigenvalue weighted by Crippen LogP contribution is -2.34. The van der Waals surface area contributed by atoms with Crippen LogP contribution in [0.1, 0.15) is 43.1 Å². The number of carbonyl (C=O) groups is 1. The molecule has 0 aliphatic rings. The smallest absolute Gasteiger partial charge is 0.252 e. The Kier molecular flexibility index (Phi) is 6.20. The molecule has 0 radical (unpaired) electrons. The van der Waals surface area contributed by atoms with Gasteiger partial charge < -0.3 is 10.4 Å². The number of rotatable bonds is 4. The summed E-state index contributed by atoms with van der Waals surface area (Å²) >= 11 is 0. The molecule has 20 heavy (non-hydrogen) atoms. The zero-order valence-corrected chi connectivity index (χ0v) is 12.0. The van der Waals surface area contributed by atoms with E-state index in [9.17, 15) is 9.18 Å². The predicted molar refractivity (Wildman–Crippen MR) is 76.7 cm³/mol. The van der Waals surface area contributed by atoms with E-state index in [4.69, 9.17) is 5.11 Å². The van der Waals surface area contributed by atoms with E-state index in [2.05, 4.69) is 31.0 Å². The molecule has 0 spiro atoms. The van der Waals surface area contributed by atoms with Gasteiger partial charge in [-0.15, -0.1) is 0 Å². The van der Waals surface area contributed by atoms with E-state index in [1.54, 1.807) is 0 Å². The first-order chi connectivity index (χ1) is 9.43. The summed E-state index contributed by atoms with van der Waals surface area (Å²) in [7, 11) is 0. The van der Waals surface area contributed by atoms with Crippen molar-refractivity contribution in [2.24, 2.45) is 5.92 Å². The van der Waals surface area contributed by atoms with Gasteiger partial charge in [0.2, 0.25) is 0 Å². The number of benzene rings is 1. The van der Waals surface area contributed by atoms with Crippen LogP contribution in [0.4, 0.5) is 4.39 Å². The van der Waals surface area contributed by atoms with E-state index in [-0.39, 0.29) is 24.1 Å². The van der Waals surface area contributed by atoms with Gasteiger partial charge in [0.25, 0.3) is 5.91 Å². The van der Waals surface area contributed by atoms with Gasteiger partial charge in [-0.1, -0.05) is 25.7 Å². The van der Waals surface area contributed by atoms with Gasteiger partial charge in [-0.2, -0.15) is 0 Å². The normalized spacial score (nSPS) is 11.7. The highest BCUT2D eigenvalue weighted by Gasteiger charge is 2.14. The van der Waals surface area contributed by atoms with Gasteiger partial charge >= 0.3 is 0 Å². The Hall–Kier alpha value is -1.86. The van der Waals surface area contributed by atoms with Crippen molar-refractivity contribution >= 4 is 5.91 Å². The van der Waals surface area contributed by atoms with Gasteiger partial charge in [0, 0.05) is 11.6 Å². The van der Waals surface area contributed by atoms with E-state index in [1.807, 2.05) is 6.92 Å². The van der Waals surface area contributed by atoms with Crippen LogP contribution in [0.3, 0.4) is 0 Å². The highest BCUT2D eigenvalue weighted by atomic mass is 19.1. The second kappa shape index (κ2) is 7.66. The Morgan fingerprint density at radius 2 is 2.10 bits per heavy atom. The van der Waals surface area contributed by atoms with E-state index < -0.39 is 5.82 Å². The minimum atomic E-state index is -0.485. The van der Waals surface area contributed by atoms with Crippen LogP contribution in [0, 0.1) is 23.6 Å². The molecule has 0 saturated carbocycles. The van der Waals surface area contributed by atoms with Crippen molar-refractivity contribution in [3.05, 3.63) is 35.1 Å². The number of halogens is 1. The monoisotopic (exact) mass is 277 g/mol. The third kappa shape index (κ3) is 5.02. The molecule has 0 fully saturated rings. The minimum absolute atomic E-state index is 0.00409. The summed E-state index contributed by atoms with van der Waals surface area (Å²) in [4.78, 5) is 12.2. The number of nitrogens with one attached hydrogen (secondary N) is 1. The van der Waals surface area contributed by atoms with Gasteiger partial charge in [-0.25, -0.2) is 4.39 Å². The van der Waals surface area contributed by atoms with Gasteiger partial charge in [-0.05, 0) is 37.5 Å². The average molecular weight is 277 g/mol. The van der Waals surface area contributed by atoms with Crippen LogP contribution in [0.5, 0.6) is 0 Å². The fraction of sp³-hybridized carbons (Fsp3) is 0.438. The number of amides is 1. The molecule has 4 heteroatoms. The van der Waals surface area contributed by atoms with Gasteiger partial charge in [0.05, 0.1) is 5.56 Å². The quantitative estimate of drug-likeness (QED) is 0.830. The summed E-state index contributed by atoms with van der Waals surface area (Å²) in [5.41, 5.74) is 0.608. The highest BCUT2D eigenvalue weighted by Crippen LogP contribution is 2.12. The number of aliphatic hydroxyl groups excluding tert-OH is 1. The molecule has 3 nitrogen and oxygen atoms in total. The second-order valence-electron chi connectivity index (χ2n) is 5.15. The molecule has 0 heterocycles. The van der Waals surface area contributed by atoms with Crippen molar-refractivity contribution < 1.29 is 14.3 Å². The van der Waals surface area contributed by atoms with Crippen LogP contribution in [0.25, 0.3) is 0 Å². The average Bonchev–Trinajstić information content (AvgIpc) is 2.36.